The van der Waals surface area contributed by atoms with Crippen molar-refractivity contribution in [2.45, 2.75) is 38.6 Å². The van der Waals surface area contributed by atoms with Gasteiger partial charge in [-0.15, -0.1) is 11.3 Å². The first-order valence-electron chi connectivity index (χ1n) is 11.3. The lowest BCUT2D eigenvalue weighted by molar-refractivity contribution is -0.118. The van der Waals surface area contributed by atoms with Crippen molar-refractivity contribution in [1.29, 1.82) is 0 Å². The maximum atomic E-state index is 11.8. The molecule has 0 saturated heterocycles. The highest BCUT2D eigenvalue weighted by Crippen LogP contribution is 2.33. The Morgan fingerprint density at radius 1 is 1.18 bits per heavy atom. The van der Waals surface area contributed by atoms with Gasteiger partial charge in [-0.05, 0) is 74.6 Å². The van der Waals surface area contributed by atoms with Crippen LogP contribution in [0.1, 0.15) is 32.1 Å². The van der Waals surface area contributed by atoms with E-state index in [0.717, 1.165) is 40.5 Å². The molecule has 1 amide bonds. The number of aromatic nitrogens is 1. The molecular formula is C26H27N3O3S. The van der Waals surface area contributed by atoms with Crippen LogP contribution < -0.4 is 19.6 Å². The molecule has 33 heavy (non-hydrogen) atoms. The van der Waals surface area contributed by atoms with Crippen molar-refractivity contribution >= 4 is 28.6 Å². The van der Waals surface area contributed by atoms with Gasteiger partial charge in [0.2, 0.25) is 0 Å². The molecule has 2 aliphatic rings. The van der Waals surface area contributed by atoms with E-state index in [1.165, 1.54) is 31.3 Å². The number of ether oxygens (including phenoxy) is 2. The fourth-order valence-corrected chi connectivity index (χ4v) is 5.22. The molecule has 7 heteroatoms. The second-order valence-corrected chi connectivity index (χ2v) is 9.11. The zero-order valence-corrected chi connectivity index (χ0v) is 19.5. The summed E-state index contributed by atoms with van der Waals surface area (Å²) >= 11 is 1.63. The van der Waals surface area contributed by atoms with E-state index < -0.39 is 0 Å². The highest BCUT2D eigenvalue weighted by Gasteiger charge is 2.18. The Balaban J connectivity index is 1.53. The summed E-state index contributed by atoms with van der Waals surface area (Å²) in [5.41, 5.74) is 5.26. The minimum absolute atomic E-state index is 0.0603. The molecule has 1 N–H and O–H groups in total. The molecule has 0 radical (unpaired) electrons. The number of benzene rings is 2. The smallest absolute Gasteiger partial charge is 0.262 e. The summed E-state index contributed by atoms with van der Waals surface area (Å²) in [6, 6.07) is 13.8. The van der Waals surface area contributed by atoms with Gasteiger partial charge < -0.3 is 19.4 Å². The summed E-state index contributed by atoms with van der Waals surface area (Å²) in [6.45, 7) is 0.921. The number of fused-ring (bicyclic) bond motifs is 1. The Hall–Kier alpha value is -3.32. The van der Waals surface area contributed by atoms with E-state index >= 15 is 0 Å². The Labute approximate surface area is 197 Å². The second kappa shape index (κ2) is 9.67. The van der Waals surface area contributed by atoms with Gasteiger partial charge in [0.1, 0.15) is 11.5 Å². The number of nitrogens with one attached hydrogen (secondary N) is 1. The Morgan fingerprint density at radius 3 is 2.85 bits per heavy atom. The summed E-state index contributed by atoms with van der Waals surface area (Å²) in [5, 5.41) is 5.06. The molecule has 0 unspecified atom stereocenters. The van der Waals surface area contributed by atoms with Crippen molar-refractivity contribution < 1.29 is 14.3 Å². The number of rotatable bonds is 6. The molecule has 0 atom stereocenters. The monoisotopic (exact) mass is 461 g/mol. The van der Waals surface area contributed by atoms with E-state index in [1.807, 2.05) is 42.5 Å². The molecule has 1 aromatic heterocycles. The number of methoxy groups -OCH3 is 1. The first-order chi connectivity index (χ1) is 16.2. The van der Waals surface area contributed by atoms with Crippen molar-refractivity contribution in [3.8, 4) is 22.8 Å². The topological polar surface area (TPSA) is 64.8 Å². The van der Waals surface area contributed by atoms with Crippen LogP contribution in [0.4, 0.5) is 11.4 Å². The summed E-state index contributed by atoms with van der Waals surface area (Å²) in [4.78, 5) is 17.7. The van der Waals surface area contributed by atoms with Gasteiger partial charge in [0.25, 0.3) is 5.91 Å². The van der Waals surface area contributed by atoms with E-state index in [4.69, 9.17) is 14.5 Å². The summed E-state index contributed by atoms with van der Waals surface area (Å²) in [6.07, 6.45) is 8.37. The number of hydrogen-bond acceptors (Lipinski definition) is 5. The average Bonchev–Trinajstić information content (AvgIpc) is 3.25. The van der Waals surface area contributed by atoms with Crippen LogP contribution in [0.25, 0.3) is 11.3 Å². The van der Waals surface area contributed by atoms with Crippen molar-refractivity contribution in [2.24, 2.45) is 4.99 Å². The van der Waals surface area contributed by atoms with Gasteiger partial charge in [0.05, 0.1) is 24.2 Å². The number of carbonyl (C=O) groups excluding carboxylic acids is 1. The largest absolute Gasteiger partial charge is 0.497 e. The maximum Gasteiger partial charge on any atom is 0.262 e. The van der Waals surface area contributed by atoms with Gasteiger partial charge >= 0.3 is 0 Å². The van der Waals surface area contributed by atoms with Gasteiger partial charge in [-0.25, -0.2) is 4.99 Å². The number of anilines is 1. The summed E-state index contributed by atoms with van der Waals surface area (Å²) in [5.74, 6) is 1.39. The standard InChI is InChI=1S/C26H27N3O3S/c1-31-21-10-8-20(9-11-21)27-26-29(14-13-18-5-3-2-4-6-18)23(17-33-26)19-7-12-24-22(15-19)28-25(30)16-32-24/h5,7-12,15,17H,2-4,6,13-14,16H2,1H3,(H,28,30). The molecule has 2 aromatic carbocycles. The fraction of sp³-hybridized carbons (Fsp3) is 0.308. The van der Waals surface area contributed by atoms with Crippen LogP contribution in [0.2, 0.25) is 0 Å². The van der Waals surface area contributed by atoms with Crippen LogP contribution in [-0.4, -0.2) is 24.2 Å². The van der Waals surface area contributed by atoms with E-state index in [0.29, 0.717) is 11.4 Å². The molecule has 170 valence electrons. The predicted molar refractivity (Wildman–Crippen MR) is 131 cm³/mol. The molecule has 0 bridgehead atoms. The highest BCUT2D eigenvalue weighted by atomic mass is 32.1. The third kappa shape index (κ3) is 4.88. The Bertz CT molecular complexity index is 1250. The van der Waals surface area contributed by atoms with Gasteiger partial charge in [-0.2, -0.15) is 0 Å². The average molecular weight is 462 g/mol. The molecular weight excluding hydrogens is 434 g/mol. The fourth-order valence-electron chi connectivity index (χ4n) is 4.26. The van der Waals surface area contributed by atoms with E-state index in [2.05, 4.69) is 21.3 Å². The first-order valence-corrected chi connectivity index (χ1v) is 12.2. The minimum Gasteiger partial charge on any atom is -0.497 e. The molecule has 6 nitrogen and oxygen atoms in total. The van der Waals surface area contributed by atoms with Gasteiger partial charge in [0.15, 0.2) is 11.4 Å². The normalized spacial score (nSPS) is 16.0. The second-order valence-electron chi connectivity index (χ2n) is 8.27. The van der Waals surface area contributed by atoms with Crippen LogP contribution >= 0.6 is 11.3 Å². The lowest BCUT2D eigenvalue weighted by Gasteiger charge is -2.19. The number of nitrogens with zero attached hydrogens (tertiary/aromatic N) is 2. The number of allylic oxidation sites excluding steroid dienone is 2. The molecule has 1 aliphatic heterocycles. The number of amides is 1. The molecule has 0 fully saturated rings. The minimum atomic E-state index is -0.128. The van der Waals surface area contributed by atoms with Crippen LogP contribution in [-0.2, 0) is 11.3 Å². The zero-order valence-electron chi connectivity index (χ0n) is 18.7. The van der Waals surface area contributed by atoms with Gasteiger partial charge in [0, 0.05) is 17.5 Å². The number of thiazole rings is 1. The van der Waals surface area contributed by atoms with Crippen LogP contribution in [0.3, 0.4) is 0 Å². The summed E-state index contributed by atoms with van der Waals surface area (Å²) in [7, 11) is 1.66. The molecule has 5 rings (SSSR count). The zero-order chi connectivity index (χ0) is 22.6. The third-order valence-corrected chi connectivity index (χ3v) is 6.91. The maximum absolute atomic E-state index is 11.8. The van der Waals surface area contributed by atoms with Crippen molar-refractivity contribution in [3.05, 3.63) is 64.3 Å². The van der Waals surface area contributed by atoms with Crippen molar-refractivity contribution in [3.63, 3.8) is 0 Å². The van der Waals surface area contributed by atoms with E-state index in [9.17, 15) is 4.79 Å². The predicted octanol–water partition coefficient (Wildman–Crippen LogP) is 5.68. The molecule has 3 aromatic rings. The van der Waals surface area contributed by atoms with E-state index in [-0.39, 0.29) is 12.5 Å². The Kier molecular flexibility index (Phi) is 6.30. The van der Waals surface area contributed by atoms with Gasteiger partial charge in [-0.3, -0.25) is 4.79 Å². The lowest BCUT2D eigenvalue weighted by atomic mass is 9.97. The molecule has 0 saturated carbocycles. The third-order valence-electron chi connectivity index (χ3n) is 6.04. The highest BCUT2D eigenvalue weighted by molar-refractivity contribution is 7.07. The van der Waals surface area contributed by atoms with Crippen molar-refractivity contribution in [1.82, 2.24) is 4.57 Å². The van der Waals surface area contributed by atoms with Gasteiger partial charge in [-0.1, -0.05) is 11.6 Å². The number of carbonyl (C=O) groups is 1. The SMILES string of the molecule is COc1ccc(N=c2scc(-c3ccc4c(c3)NC(=O)CO4)n2CCC2=CCCCC2)cc1. The van der Waals surface area contributed by atoms with E-state index in [1.54, 1.807) is 18.4 Å². The molecule has 0 spiro atoms. The first kappa shape index (κ1) is 21.5. The molecule has 1 aliphatic carbocycles. The van der Waals surface area contributed by atoms with Crippen LogP contribution in [0.15, 0.2) is 64.5 Å². The van der Waals surface area contributed by atoms with Crippen molar-refractivity contribution in [2.75, 3.05) is 19.0 Å². The number of hydrogen-bond donors (Lipinski definition) is 1. The quantitative estimate of drug-likeness (QED) is 0.481. The van der Waals surface area contributed by atoms with Crippen LogP contribution in [0.5, 0.6) is 11.5 Å². The Morgan fingerprint density at radius 2 is 2.06 bits per heavy atom. The summed E-state index contributed by atoms with van der Waals surface area (Å²) < 4.78 is 13.1. The lowest BCUT2D eigenvalue weighted by Crippen LogP contribution is -2.25. The van der Waals surface area contributed by atoms with Crippen LogP contribution in [0, 0.1) is 0 Å². The molecule has 2 heterocycles.